The molecular weight excluding hydrogens is 265 g/mol. The van der Waals surface area contributed by atoms with E-state index in [9.17, 15) is 4.39 Å². The van der Waals surface area contributed by atoms with Crippen LogP contribution in [0.2, 0.25) is 0 Å². The van der Waals surface area contributed by atoms with E-state index >= 15 is 0 Å². The summed E-state index contributed by atoms with van der Waals surface area (Å²) in [5, 5.41) is 0. The first kappa shape index (κ1) is 14.7. The summed E-state index contributed by atoms with van der Waals surface area (Å²) in [6, 6.07) is 1.50. The molecule has 0 radical (unpaired) electrons. The van der Waals surface area contributed by atoms with Gasteiger partial charge in [0.15, 0.2) is 5.82 Å². The Hall–Kier alpha value is -1.66. The largest absolute Gasteiger partial charge is 0.494 e. The molecule has 1 aromatic rings. The zero-order valence-corrected chi connectivity index (χ0v) is 11.4. The van der Waals surface area contributed by atoms with Crippen LogP contribution in [-0.2, 0) is 14.2 Å². The lowest BCUT2D eigenvalue weighted by Gasteiger charge is -2.22. The summed E-state index contributed by atoms with van der Waals surface area (Å²) >= 11 is 0. The Bertz CT molecular complexity index is 460. The van der Waals surface area contributed by atoms with Gasteiger partial charge in [0.25, 0.3) is 5.88 Å². The Kier molecular flexibility index (Phi) is 5.31. The molecule has 0 unspecified atom stereocenters. The molecule has 1 atom stereocenters. The highest BCUT2D eigenvalue weighted by Crippen LogP contribution is 2.23. The molecule has 0 saturated carbocycles. The number of hydrogen-bond acceptors (Lipinski definition) is 5. The molecule has 5 nitrogen and oxygen atoms in total. The van der Waals surface area contributed by atoms with Crippen molar-refractivity contribution < 1.29 is 23.3 Å². The average Bonchev–Trinajstić information content (AvgIpc) is 2.47. The summed E-state index contributed by atoms with van der Waals surface area (Å²) in [5.41, 5.74) is 0.248. The number of halogens is 1. The van der Waals surface area contributed by atoms with Gasteiger partial charge in [0, 0.05) is 6.20 Å². The molecular formula is C14H18FNO4. The molecule has 1 aliphatic heterocycles. The SMILES string of the molecule is C=C(OCC)c1ccnc(OC[C@@H]2COCCO2)c1F. The molecule has 6 heteroatoms. The highest BCUT2D eigenvalue weighted by atomic mass is 19.1. The van der Waals surface area contributed by atoms with E-state index in [2.05, 4.69) is 11.6 Å². The van der Waals surface area contributed by atoms with Gasteiger partial charge in [-0.15, -0.1) is 0 Å². The van der Waals surface area contributed by atoms with E-state index < -0.39 is 5.82 Å². The van der Waals surface area contributed by atoms with E-state index in [1.54, 1.807) is 0 Å². The van der Waals surface area contributed by atoms with Crippen molar-refractivity contribution in [3.63, 3.8) is 0 Å². The van der Waals surface area contributed by atoms with Crippen LogP contribution in [0.15, 0.2) is 18.8 Å². The van der Waals surface area contributed by atoms with Gasteiger partial charge < -0.3 is 18.9 Å². The monoisotopic (exact) mass is 283 g/mol. The van der Waals surface area contributed by atoms with Crippen LogP contribution in [-0.4, -0.2) is 44.1 Å². The molecule has 0 N–H and O–H groups in total. The van der Waals surface area contributed by atoms with E-state index in [0.717, 1.165) is 0 Å². The second-order valence-corrected chi connectivity index (χ2v) is 4.21. The van der Waals surface area contributed by atoms with Crippen LogP contribution in [0, 0.1) is 5.82 Å². The third-order valence-corrected chi connectivity index (χ3v) is 2.77. The van der Waals surface area contributed by atoms with Gasteiger partial charge in [-0.1, -0.05) is 6.58 Å². The van der Waals surface area contributed by atoms with Gasteiger partial charge in [-0.2, -0.15) is 0 Å². The minimum absolute atomic E-state index is 0.0856. The lowest BCUT2D eigenvalue weighted by atomic mass is 10.2. The van der Waals surface area contributed by atoms with Gasteiger partial charge >= 0.3 is 0 Å². The van der Waals surface area contributed by atoms with E-state index in [0.29, 0.717) is 26.4 Å². The fourth-order valence-electron chi connectivity index (χ4n) is 1.80. The lowest BCUT2D eigenvalue weighted by Crippen LogP contribution is -2.33. The van der Waals surface area contributed by atoms with Crippen molar-refractivity contribution in [3.05, 3.63) is 30.2 Å². The maximum atomic E-state index is 14.2. The summed E-state index contributed by atoms with van der Waals surface area (Å²) in [6.07, 6.45) is 1.25. The molecule has 1 saturated heterocycles. The Morgan fingerprint density at radius 2 is 2.40 bits per heavy atom. The van der Waals surface area contributed by atoms with Crippen molar-refractivity contribution in [1.82, 2.24) is 4.98 Å². The second kappa shape index (κ2) is 7.21. The Balaban J connectivity index is 2.00. The van der Waals surface area contributed by atoms with E-state index in [-0.39, 0.29) is 29.9 Å². The summed E-state index contributed by atoms with van der Waals surface area (Å²) < 4.78 is 35.4. The minimum Gasteiger partial charge on any atom is -0.494 e. The number of ether oxygens (including phenoxy) is 4. The van der Waals surface area contributed by atoms with Crippen LogP contribution in [0.3, 0.4) is 0 Å². The maximum absolute atomic E-state index is 14.2. The van der Waals surface area contributed by atoms with E-state index in [1.165, 1.54) is 12.3 Å². The van der Waals surface area contributed by atoms with Crippen LogP contribution in [0.5, 0.6) is 5.88 Å². The Morgan fingerprint density at radius 3 is 3.10 bits per heavy atom. The molecule has 1 aliphatic rings. The first-order valence-corrected chi connectivity index (χ1v) is 6.51. The lowest BCUT2D eigenvalue weighted by molar-refractivity contribution is -0.102. The van der Waals surface area contributed by atoms with Crippen LogP contribution in [0.1, 0.15) is 12.5 Å². The van der Waals surface area contributed by atoms with Crippen molar-refractivity contribution in [2.24, 2.45) is 0 Å². The van der Waals surface area contributed by atoms with Crippen molar-refractivity contribution in [3.8, 4) is 5.88 Å². The molecule has 1 fully saturated rings. The van der Waals surface area contributed by atoms with Crippen LogP contribution < -0.4 is 4.74 Å². The van der Waals surface area contributed by atoms with Gasteiger partial charge in [-0.3, -0.25) is 0 Å². The molecule has 0 aromatic carbocycles. The molecule has 2 heterocycles. The summed E-state index contributed by atoms with van der Waals surface area (Å²) in [5.74, 6) is -0.408. The topological polar surface area (TPSA) is 49.8 Å². The van der Waals surface area contributed by atoms with Crippen molar-refractivity contribution in [2.75, 3.05) is 33.0 Å². The molecule has 0 spiro atoms. The highest BCUT2D eigenvalue weighted by Gasteiger charge is 2.18. The average molecular weight is 283 g/mol. The zero-order valence-electron chi connectivity index (χ0n) is 11.4. The third kappa shape index (κ3) is 3.68. The predicted octanol–water partition coefficient (Wildman–Crippen LogP) is 2.02. The van der Waals surface area contributed by atoms with Crippen LogP contribution in [0.4, 0.5) is 4.39 Å². The summed E-state index contributed by atoms with van der Waals surface area (Å²) in [4.78, 5) is 3.88. The quantitative estimate of drug-likeness (QED) is 0.748. The van der Waals surface area contributed by atoms with Crippen molar-refractivity contribution in [2.45, 2.75) is 13.0 Å². The fraction of sp³-hybridized carbons (Fsp3) is 0.500. The van der Waals surface area contributed by atoms with Crippen LogP contribution in [0.25, 0.3) is 5.76 Å². The van der Waals surface area contributed by atoms with Crippen molar-refractivity contribution >= 4 is 5.76 Å². The van der Waals surface area contributed by atoms with Crippen LogP contribution >= 0.6 is 0 Å². The highest BCUT2D eigenvalue weighted by molar-refractivity contribution is 5.58. The molecule has 0 amide bonds. The van der Waals surface area contributed by atoms with E-state index in [1.807, 2.05) is 6.92 Å². The number of aromatic nitrogens is 1. The normalized spacial score (nSPS) is 18.6. The molecule has 110 valence electrons. The fourth-order valence-corrected chi connectivity index (χ4v) is 1.80. The van der Waals surface area contributed by atoms with E-state index in [4.69, 9.17) is 18.9 Å². The van der Waals surface area contributed by atoms with Gasteiger partial charge in [-0.25, -0.2) is 9.37 Å². The third-order valence-electron chi connectivity index (χ3n) is 2.77. The number of rotatable bonds is 6. The van der Waals surface area contributed by atoms with Gasteiger partial charge in [0.2, 0.25) is 0 Å². The standard InChI is InChI=1S/C14H18FNO4/c1-3-18-10(2)12-4-5-16-14(13(12)15)20-9-11-8-17-6-7-19-11/h4-5,11H,2-3,6-9H2,1H3/t11-/m0/s1. The number of nitrogens with zero attached hydrogens (tertiary/aromatic N) is 1. The first-order valence-electron chi connectivity index (χ1n) is 6.51. The summed E-state index contributed by atoms with van der Waals surface area (Å²) in [7, 11) is 0. The Labute approximate surface area is 117 Å². The Morgan fingerprint density at radius 1 is 1.55 bits per heavy atom. The van der Waals surface area contributed by atoms with Gasteiger partial charge in [-0.05, 0) is 13.0 Å². The first-order chi connectivity index (χ1) is 9.72. The maximum Gasteiger partial charge on any atom is 0.251 e. The van der Waals surface area contributed by atoms with Gasteiger partial charge in [0.05, 0.1) is 32.0 Å². The predicted molar refractivity (Wildman–Crippen MR) is 70.9 cm³/mol. The second-order valence-electron chi connectivity index (χ2n) is 4.21. The van der Waals surface area contributed by atoms with Crippen molar-refractivity contribution in [1.29, 1.82) is 0 Å². The zero-order chi connectivity index (χ0) is 14.4. The molecule has 2 rings (SSSR count). The number of hydrogen-bond donors (Lipinski definition) is 0. The minimum atomic E-state index is -0.581. The van der Waals surface area contributed by atoms with Gasteiger partial charge in [0.1, 0.15) is 18.5 Å². The number of pyridine rings is 1. The summed E-state index contributed by atoms with van der Waals surface area (Å²) in [6.45, 7) is 7.63. The molecule has 0 aliphatic carbocycles. The molecule has 0 bridgehead atoms. The smallest absolute Gasteiger partial charge is 0.251 e. The molecule has 1 aromatic heterocycles. The molecule has 20 heavy (non-hydrogen) atoms.